The van der Waals surface area contributed by atoms with Crippen LogP contribution in [0.2, 0.25) is 0 Å². The van der Waals surface area contributed by atoms with Gasteiger partial charge in [-0.15, -0.1) is 0 Å². The lowest BCUT2D eigenvalue weighted by Crippen LogP contribution is -2.52. The van der Waals surface area contributed by atoms with Crippen LogP contribution in [0, 0.1) is 23.1 Å². The van der Waals surface area contributed by atoms with Crippen LogP contribution in [0.25, 0.3) is 0 Å². The summed E-state index contributed by atoms with van der Waals surface area (Å²) in [5.74, 6) is -0.609. The Morgan fingerprint density at radius 1 is 1.11 bits per heavy atom. The van der Waals surface area contributed by atoms with E-state index in [0.717, 1.165) is 32.2 Å². The van der Waals surface area contributed by atoms with Crippen molar-refractivity contribution in [3.8, 4) is 6.07 Å². The molecule has 0 aliphatic carbocycles. The number of carbonyl (C=O) groups is 1. The number of nitriles is 1. The molecule has 2 aromatic carbocycles. The van der Waals surface area contributed by atoms with E-state index in [9.17, 15) is 9.18 Å². The second-order valence-corrected chi connectivity index (χ2v) is 7.77. The second kappa shape index (κ2) is 7.62. The van der Waals surface area contributed by atoms with Gasteiger partial charge in [0.15, 0.2) is 5.78 Å². The average molecular weight is 362 g/mol. The van der Waals surface area contributed by atoms with Gasteiger partial charge in [0.05, 0.1) is 11.6 Å². The molecule has 4 heteroatoms. The maximum Gasteiger partial charge on any atom is 0.166 e. The van der Waals surface area contributed by atoms with Gasteiger partial charge in [-0.2, -0.15) is 5.26 Å². The number of benzene rings is 2. The summed E-state index contributed by atoms with van der Waals surface area (Å²) in [5.41, 5.74) is 1.86. The van der Waals surface area contributed by atoms with Crippen molar-refractivity contribution in [2.45, 2.75) is 50.7 Å². The highest BCUT2D eigenvalue weighted by atomic mass is 19.1. The molecule has 4 rings (SSSR count). The lowest BCUT2D eigenvalue weighted by Gasteiger charge is -2.48. The van der Waals surface area contributed by atoms with Crippen molar-refractivity contribution in [3.05, 3.63) is 71.0 Å². The highest BCUT2D eigenvalue weighted by Crippen LogP contribution is 2.39. The summed E-state index contributed by atoms with van der Waals surface area (Å²) >= 11 is 0. The molecule has 27 heavy (non-hydrogen) atoms. The van der Waals surface area contributed by atoms with Crippen LogP contribution in [-0.4, -0.2) is 22.8 Å². The van der Waals surface area contributed by atoms with E-state index in [1.54, 1.807) is 0 Å². The van der Waals surface area contributed by atoms with Gasteiger partial charge in [-0.25, -0.2) is 4.39 Å². The summed E-state index contributed by atoms with van der Waals surface area (Å²) < 4.78 is 13.8. The Morgan fingerprint density at radius 2 is 1.81 bits per heavy atom. The Labute approximate surface area is 159 Å². The first-order valence-corrected chi connectivity index (χ1v) is 9.68. The van der Waals surface area contributed by atoms with E-state index < -0.39 is 5.82 Å². The quantitative estimate of drug-likeness (QED) is 0.740. The minimum atomic E-state index is -0.515. The molecule has 3 nitrogen and oxygen atoms in total. The number of carbonyl (C=O) groups excluding carboxylic acids is 1. The molecule has 0 amide bonds. The zero-order valence-corrected chi connectivity index (χ0v) is 15.3. The smallest absolute Gasteiger partial charge is 0.166 e. The molecule has 0 radical (unpaired) electrons. The zero-order valence-electron chi connectivity index (χ0n) is 15.3. The van der Waals surface area contributed by atoms with Gasteiger partial charge in [0.1, 0.15) is 5.82 Å². The third kappa shape index (κ3) is 3.79. The molecule has 0 saturated carbocycles. The largest absolute Gasteiger partial charge is 0.294 e. The maximum absolute atomic E-state index is 13.8. The summed E-state index contributed by atoms with van der Waals surface area (Å²) in [5, 5.41) is 9.05. The first-order chi connectivity index (χ1) is 13.1. The summed E-state index contributed by atoms with van der Waals surface area (Å²) in [4.78, 5) is 15.6. The van der Waals surface area contributed by atoms with Crippen molar-refractivity contribution in [3.63, 3.8) is 0 Å². The number of ketones is 1. The van der Waals surface area contributed by atoms with E-state index >= 15 is 0 Å². The fourth-order valence-electron chi connectivity index (χ4n) is 4.78. The van der Waals surface area contributed by atoms with Gasteiger partial charge >= 0.3 is 0 Å². The fourth-order valence-corrected chi connectivity index (χ4v) is 4.78. The van der Waals surface area contributed by atoms with Gasteiger partial charge in [0, 0.05) is 30.1 Å². The van der Waals surface area contributed by atoms with Crippen LogP contribution in [0.4, 0.5) is 4.39 Å². The third-order valence-corrected chi connectivity index (χ3v) is 6.02. The Hall–Kier alpha value is -2.51. The molecule has 2 aromatic rings. The molecule has 2 atom stereocenters. The highest BCUT2D eigenvalue weighted by molar-refractivity contribution is 5.98. The van der Waals surface area contributed by atoms with Gasteiger partial charge in [0.25, 0.3) is 0 Å². The molecule has 0 aromatic heterocycles. The Balaban J connectivity index is 1.52. The van der Waals surface area contributed by atoms with Crippen LogP contribution in [0.15, 0.2) is 48.5 Å². The van der Waals surface area contributed by atoms with Crippen LogP contribution >= 0.6 is 0 Å². The predicted octanol–water partition coefficient (Wildman–Crippen LogP) is 4.71. The Morgan fingerprint density at radius 3 is 2.48 bits per heavy atom. The minimum absolute atomic E-state index is 0.0118. The molecule has 2 heterocycles. The number of piperidine rings is 2. The Kier molecular flexibility index (Phi) is 5.05. The molecule has 2 unspecified atom stereocenters. The third-order valence-electron chi connectivity index (χ3n) is 6.02. The number of nitrogens with zero attached hydrogens (tertiary/aromatic N) is 2. The van der Waals surface area contributed by atoms with Gasteiger partial charge in [-0.3, -0.25) is 9.69 Å². The van der Waals surface area contributed by atoms with Crippen molar-refractivity contribution in [1.82, 2.24) is 4.90 Å². The van der Waals surface area contributed by atoms with E-state index in [0.29, 0.717) is 17.6 Å². The number of rotatable bonds is 4. The van der Waals surface area contributed by atoms with Gasteiger partial charge in [0.2, 0.25) is 0 Å². The van der Waals surface area contributed by atoms with E-state index in [-0.39, 0.29) is 17.3 Å². The molecule has 2 aliphatic rings. The van der Waals surface area contributed by atoms with Gasteiger partial charge in [-0.05, 0) is 49.4 Å². The van der Waals surface area contributed by atoms with Crippen LogP contribution in [-0.2, 0) is 6.54 Å². The highest BCUT2D eigenvalue weighted by Gasteiger charge is 2.40. The number of halogens is 1. The predicted molar refractivity (Wildman–Crippen MR) is 102 cm³/mol. The molecular weight excluding hydrogens is 339 g/mol. The van der Waals surface area contributed by atoms with Crippen molar-refractivity contribution in [2.24, 2.45) is 5.92 Å². The van der Waals surface area contributed by atoms with Crippen LogP contribution in [0.1, 0.15) is 53.6 Å². The van der Waals surface area contributed by atoms with Gasteiger partial charge in [-0.1, -0.05) is 36.8 Å². The second-order valence-electron chi connectivity index (χ2n) is 7.77. The van der Waals surface area contributed by atoms with Crippen molar-refractivity contribution in [1.29, 1.82) is 5.26 Å². The van der Waals surface area contributed by atoms with Crippen molar-refractivity contribution in [2.75, 3.05) is 0 Å². The molecule has 138 valence electrons. The number of Topliss-reactive ketones (excluding diaryl/α,β-unsaturated/α-hetero) is 1. The number of fused-ring (bicyclic) bond motifs is 2. The summed E-state index contributed by atoms with van der Waals surface area (Å²) in [6.07, 6.45) is 5.07. The number of hydrogen-bond acceptors (Lipinski definition) is 3. The average Bonchev–Trinajstić information content (AvgIpc) is 2.67. The van der Waals surface area contributed by atoms with E-state index in [1.165, 1.54) is 30.2 Å². The minimum Gasteiger partial charge on any atom is -0.294 e. The van der Waals surface area contributed by atoms with Crippen LogP contribution in [0.5, 0.6) is 0 Å². The van der Waals surface area contributed by atoms with E-state index in [2.05, 4.69) is 29.2 Å². The monoisotopic (exact) mass is 362 g/mol. The van der Waals surface area contributed by atoms with Crippen molar-refractivity contribution < 1.29 is 9.18 Å². The lowest BCUT2D eigenvalue weighted by atomic mass is 9.75. The molecule has 0 N–H and O–H groups in total. The molecule has 0 spiro atoms. The molecule has 2 saturated heterocycles. The van der Waals surface area contributed by atoms with E-state index in [4.69, 9.17) is 5.26 Å². The first kappa shape index (κ1) is 17.9. The van der Waals surface area contributed by atoms with Crippen LogP contribution < -0.4 is 0 Å². The summed E-state index contributed by atoms with van der Waals surface area (Å²) in [7, 11) is 0. The molecule has 2 fully saturated rings. The SMILES string of the molecule is N#Cc1cc(F)cc(C(=O)C2CC3CCCC(C2)N3Cc2ccccc2)c1. The first-order valence-electron chi connectivity index (χ1n) is 9.68. The normalized spacial score (nSPS) is 25.0. The molecule has 2 bridgehead atoms. The van der Waals surface area contributed by atoms with Crippen LogP contribution in [0.3, 0.4) is 0 Å². The lowest BCUT2D eigenvalue weighted by molar-refractivity contribution is 0.00905. The number of hydrogen-bond donors (Lipinski definition) is 0. The van der Waals surface area contributed by atoms with E-state index in [1.807, 2.05) is 12.1 Å². The molecular formula is C23H23FN2O. The maximum atomic E-state index is 13.8. The standard InChI is InChI=1S/C23H23FN2O/c24-20-10-17(14-25)9-18(11-20)23(27)19-12-21-7-4-8-22(13-19)26(21)15-16-5-2-1-3-6-16/h1-3,5-6,9-11,19,21-22H,4,7-8,12-13,15H2. The topological polar surface area (TPSA) is 44.1 Å². The fraction of sp³-hybridized carbons (Fsp3) is 0.391. The van der Waals surface area contributed by atoms with Crippen molar-refractivity contribution >= 4 is 5.78 Å². The van der Waals surface area contributed by atoms with Gasteiger partial charge < -0.3 is 0 Å². The zero-order chi connectivity index (χ0) is 18.8. The summed E-state index contributed by atoms with van der Waals surface area (Å²) in [6.45, 7) is 0.926. The summed E-state index contributed by atoms with van der Waals surface area (Å²) in [6, 6.07) is 17.2. The Bertz CT molecular complexity index is 860. The molecule has 2 aliphatic heterocycles.